The molecule has 0 saturated heterocycles. The van der Waals surface area contributed by atoms with E-state index in [9.17, 15) is 0 Å². The van der Waals surface area contributed by atoms with E-state index < -0.39 is 7.92 Å². The van der Waals surface area contributed by atoms with Gasteiger partial charge in [0.25, 0.3) is 0 Å². The van der Waals surface area contributed by atoms with E-state index in [1.807, 2.05) is 0 Å². The molecule has 0 unspecified atom stereocenters. The van der Waals surface area contributed by atoms with Gasteiger partial charge in [0.2, 0.25) is 0 Å². The van der Waals surface area contributed by atoms with Crippen molar-refractivity contribution in [3.8, 4) is 0 Å². The zero-order chi connectivity index (χ0) is 21.1. The van der Waals surface area contributed by atoms with E-state index in [4.69, 9.17) is 5.32 Å². The number of nitrogens with zero attached hydrogens (tertiary/aromatic N) is 1. The molecule has 3 aromatic carbocycles. The molecule has 0 fully saturated rings. The molecule has 0 heterocycles. The molecule has 152 valence electrons. The summed E-state index contributed by atoms with van der Waals surface area (Å²) in [4.78, 5) is 0. The normalized spacial score (nSPS) is 12.0. The van der Waals surface area contributed by atoms with Crippen molar-refractivity contribution in [2.75, 3.05) is 0 Å². The van der Waals surface area contributed by atoms with Crippen LogP contribution in [0.2, 0.25) is 0 Å². The third-order valence-electron chi connectivity index (χ3n) is 5.04. The smallest absolute Gasteiger partial charge is 0.681 e. The Morgan fingerprint density at radius 1 is 0.600 bits per heavy atom. The molecule has 3 aromatic rings. The van der Waals surface area contributed by atoms with Crippen molar-refractivity contribution in [1.82, 2.24) is 0 Å². The van der Waals surface area contributed by atoms with Crippen LogP contribution in [0.15, 0.2) is 84.9 Å². The molecule has 0 aliphatic rings. The molecular weight excluding hydrogens is 376 g/mol. The summed E-state index contributed by atoms with van der Waals surface area (Å²) in [6, 6.07) is 30.8. The van der Waals surface area contributed by atoms with Gasteiger partial charge in [-0.2, -0.15) is 0 Å². The van der Waals surface area contributed by atoms with Crippen LogP contribution < -0.4 is 34.8 Å². The Balaban J connectivity index is 0.00000320. The molecule has 3 rings (SSSR count). The summed E-state index contributed by atoms with van der Waals surface area (Å²) in [6.07, 6.45) is 0. The molecule has 0 spiro atoms. The second kappa shape index (κ2) is 10.2. The van der Waals surface area contributed by atoms with Crippen LogP contribution in [0.25, 0.3) is 5.32 Å². The molecule has 0 N–H and O–H groups in total. The maximum Gasteiger partial charge on any atom is 1.00 e. The summed E-state index contributed by atoms with van der Waals surface area (Å²) in [5.41, 5.74) is 1.30. The Morgan fingerprint density at radius 3 is 1.47 bits per heavy atom. The van der Waals surface area contributed by atoms with Gasteiger partial charge in [-0.05, 0) is 23.8 Å². The topological polar surface area (TPSA) is 14.1 Å². The number of hydrogen-bond acceptors (Lipinski definition) is 0. The second-order valence-electron chi connectivity index (χ2n) is 9.79. The van der Waals surface area contributed by atoms with E-state index in [0.717, 1.165) is 5.69 Å². The van der Waals surface area contributed by atoms with Gasteiger partial charge in [0.1, 0.15) is 0 Å². The first-order valence-corrected chi connectivity index (χ1v) is 11.7. The standard InChI is InChI=1S/C27H33NP.Li/c1-26(2,3)25(27(4,5)6)28-21-14-13-19-24(20-21)29(22-15-9-7-10-16-22)23-17-11-8-12-18-23;/h7-20,25H,1-6H3;/q-1;+1. The molecular formula is C27H33LiNP. The Hall–Kier alpha value is -1.51. The van der Waals surface area contributed by atoms with Crippen molar-refractivity contribution in [2.24, 2.45) is 10.8 Å². The molecule has 1 nitrogen and oxygen atoms in total. The molecule has 0 atom stereocenters. The van der Waals surface area contributed by atoms with Crippen LogP contribution in [0, 0.1) is 10.8 Å². The van der Waals surface area contributed by atoms with Gasteiger partial charge in [0.15, 0.2) is 0 Å². The summed E-state index contributed by atoms with van der Waals surface area (Å²) >= 11 is 0. The minimum Gasteiger partial charge on any atom is -0.681 e. The molecule has 0 amide bonds. The van der Waals surface area contributed by atoms with Gasteiger partial charge in [0, 0.05) is 0 Å². The number of benzene rings is 3. The molecule has 30 heavy (non-hydrogen) atoms. The zero-order valence-electron chi connectivity index (χ0n) is 19.6. The Bertz CT molecular complexity index is 857. The van der Waals surface area contributed by atoms with Crippen molar-refractivity contribution < 1.29 is 18.9 Å². The van der Waals surface area contributed by atoms with E-state index in [1.165, 1.54) is 15.9 Å². The molecule has 3 heteroatoms. The monoisotopic (exact) mass is 409 g/mol. The van der Waals surface area contributed by atoms with Crippen molar-refractivity contribution >= 4 is 29.5 Å². The minimum absolute atomic E-state index is 0. The van der Waals surface area contributed by atoms with Gasteiger partial charge < -0.3 is 5.32 Å². The fourth-order valence-corrected chi connectivity index (χ4v) is 6.48. The van der Waals surface area contributed by atoms with Gasteiger partial charge in [-0.25, -0.2) is 0 Å². The van der Waals surface area contributed by atoms with E-state index in [2.05, 4.69) is 126 Å². The first-order chi connectivity index (χ1) is 13.7. The number of hydrogen-bond donors (Lipinski definition) is 0. The summed E-state index contributed by atoms with van der Waals surface area (Å²) < 4.78 is 0. The average molecular weight is 409 g/mol. The van der Waals surface area contributed by atoms with Gasteiger partial charge in [-0.15, -0.1) is 11.7 Å². The van der Waals surface area contributed by atoms with Gasteiger partial charge >= 0.3 is 18.9 Å². The zero-order valence-corrected chi connectivity index (χ0v) is 20.4. The molecule has 0 saturated carbocycles. The fourth-order valence-electron chi connectivity index (χ4n) is 4.15. The number of rotatable bonds is 5. The van der Waals surface area contributed by atoms with Crippen LogP contribution in [-0.2, 0) is 0 Å². The summed E-state index contributed by atoms with van der Waals surface area (Å²) in [5.74, 6) is 0. The maximum absolute atomic E-state index is 5.24. The molecule has 0 aliphatic carbocycles. The SMILES string of the molecule is CC(C)(C)C([N-]c1cccc(P(c2ccccc2)c2ccccc2)c1)C(C)(C)C.[Li+]. The third kappa shape index (κ3) is 6.25. The second-order valence-corrected chi connectivity index (χ2v) is 12.0. The predicted molar refractivity (Wildman–Crippen MR) is 131 cm³/mol. The van der Waals surface area contributed by atoms with Gasteiger partial charge in [-0.1, -0.05) is 137 Å². The van der Waals surface area contributed by atoms with E-state index >= 15 is 0 Å². The summed E-state index contributed by atoms with van der Waals surface area (Å²) in [5, 5.41) is 9.33. The van der Waals surface area contributed by atoms with Crippen molar-refractivity contribution in [1.29, 1.82) is 0 Å². The molecule has 0 bridgehead atoms. The van der Waals surface area contributed by atoms with Crippen molar-refractivity contribution in [2.45, 2.75) is 47.6 Å². The van der Waals surface area contributed by atoms with E-state index in [0.29, 0.717) is 0 Å². The van der Waals surface area contributed by atoms with Crippen LogP contribution in [0.1, 0.15) is 41.5 Å². The summed E-state index contributed by atoms with van der Waals surface area (Å²) in [7, 11) is -0.603. The van der Waals surface area contributed by atoms with Gasteiger partial charge in [0.05, 0.1) is 0 Å². The molecule has 0 aliphatic heterocycles. The molecule has 0 radical (unpaired) electrons. The Kier molecular flexibility index (Phi) is 8.41. The predicted octanol–water partition coefficient (Wildman–Crippen LogP) is 3.91. The summed E-state index contributed by atoms with van der Waals surface area (Å²) in [6.45, 7) is 13.7. The average Bonchev–Trinajstić information content (AvgIpc) is 2.67. The van der Waals surface area contributed by atoms with Crippen LogP contribution in [-0.4, -0.2) is 6.04 Å². The van der Waals surface area contributed by atoms with Crippen molar-refractivity contribution in [3.63, 3.8) is 0 Å². The van der Waals surface area contributed by atoms with E-state index in [1.54, 1.807) is 0 Å². The van der Waals surface area contributed by atoms with Crippen LogP contribution >= 0.6 is 7.92 Å². The Labute approximate surface area is 196 Å². The minimum atomic E-state index is -0.603. The first kappa shape index (κ1) is 24.8. The van der Waals surface area contributed by atoms with Crippen LogP contribution in [0.3, 0.4) is 0 Å². The van der Waals surface area contributed by atoms with Crippen LogP contribution in [0.5, 0.6) is 0 Å². The first-order valence-electron chi connectivity index (χ1n) is 10.4. The van der Waals surface area contributed by atoms with Crippen LogP contribution in [0.4, 0.5) is 5.69 Å². The quantitative estimate of drug-likeness (QED) is 0.448. The van der Waals surface area contributed by atoms with Gasteiger partial charge in [-0.3, -0.25) is 0 Å². The largest absolute Gasteiger partial charge is 1.00 e. The van der Waals surface area contributed by atoms with E-state index in [-0.39, 0.29) is 35.7 Å². The maximum atomic E-state index is 5.24. The third-order valence-corrected chi connectivity index (χ3v) is 7.46. The molecule has 0 aromatic heterocycles. The fraction of sp³-hybridized carbons (Fsp3) is 0.333. The van der Waals surface area contributed by atoms with Crippen molar-refractivity contribution in [3.05, 3.63) is 90.2 Å². The Morgan fingerprint density at radius 2 is 1.03 bits per heavy atom.